The molecule has 0 saturated carbocycles. The summed E-state index contributed by atoms with van der Waals surface area (Å²) in [5.74, 6) is 0.527. The molecule has 31 heavy (non-hydrogen) atoms. The Kier molecular flexibility index (Phi) is 5.96. The maximum atomic E-state index is 13.0. The van der Waals surface area contributed by atoms with E-state index in [9.17, 15) is 18.0 Å². The van der Waals surface area contributed by atoms with Crippen molar-refractivity contribution < 1.29 is 22.5 Å². The summed E-state index contributed by atoms with van der Waals surface area (Å²) in [5, 5.41) is 3.87. The molecule has 4 rings (SSSR count). The van der Waals surface area contributed by atoms with Gasteiger partial charge >= 0.3 is 6.18 Å². The average Bonchev–Trinajstić information content (AvgIpc) is 3.11. The Balaban J connectivity index is 1.30. The largest absolute Gasteiger partial charge is 0.416 e. The van der Waals surface area contributed by atoms with E-state index in [0.29, 0.717) is 54.9 Å². The van der Waals surface area contributed by atoms with Crippen molar-refractivity contribution in [1.29, 1.82) is 0 Å². The van der Waals surface area contributed by atoms with Crippen molar-refractivity contribution in [2.45, 2.75) is 38.9 Å². The predicted molar refractivity (Wildman–Crippen MR) is 110 cm³/mol. The summed E-state index contributed by atoms with van der Waals surface area (Å²) in [6.07, 6.45) is -2.55. The normalized spacial score (nSPS) is 19.1. The topological polar surface area (TPSA) is 52.8 Å². The molecule has 1 aromatic heterocycles. The van der Waals surface area contributed by atoms with Crippen LogP contribution in [-0.4, -0.2) is 66.2 Å². The third-order valence-corrected chi connectivity index (χ3v) is 6.37. The van der Waals surface area contributed by atoms with Gasteiger partial charge in [0.25, 0.3) is 5.91 Å². The number of piperazine rings is 1. The molecule has 0 radical (unpaired) electrons. The van der Waals surface area contributed by atoms with Crippen LogP contribution in [0.1, 0.15) is 40.2 Å². The van der Waals surface area contributed by atoms with Gasteiger partial charge in [-0.25, -0.2) is 0 Å². The Hall–Kier alpha value is -2.55. The lowest BCUT2D eigenvalue weighted by atomic mass is 10.0. The van der Waals surface area contributed by atoms with Crippen LogP contribution in [0.15, 0.2) is 28.8 Å². The number of carbonyl (C=O) groups is 1. The minimum Gasteiger partial charge on any atom is -0.369 e. The molecule has 0 aliphatic carbocycles. The van der Waals surface area contributed by atoms with Gasteiger partial charge in [-0.1, -0.05) is 11.2 Å². The smallest absolute Gasteiger partial charge is 0.369 e. The molecule has 2 fully saturated rings. The summed E-state index contributed by atoms with van der Waals surface area (Å²) in [6.45, 7) is 7.89. The molecule has 6 nitrogen and oxygen atoms in total. The van der Waals surface area contributed by atoms with Crippen molar-refractivity contribution in [1.82, 2.24) is 15.0 Å². The number of likely N-dealkylation sites (tertiary alicyclic amines) is 1. The summed E-state index contributed by atoms with van der Waals surface area (Å²) in [6, 6.07) is 5.93. The van der Waals surface area contributed by atoms with Crippen LogP contribution in [0.25, 0.3) is 0 Å². The highest BCUT2D eigenvalue weighted by atomic mass is 19.4. The van der Waals surface area contributed by atoms with Crippen molar-refractivity contribution in [3.8, 4) is 0 Å². The van der Waals surface area contributed by atoms with E-state index in [2.05, 4.69) is 10.1 Å². The fourth-order valence-electron chi connectivity index (χ4n) is 4.60. The van der Waals surface area contributed by atoms with Crippen LogP contribution in [0.2, 0.25) is 0 Å². The number of anilines is 1. The number of hydrogen-bond donors (Lipinski definition) is 0. The second-order valence-corrected chi connectivity index (χ2v) is 8.29. The van der Waals surface area contributed by atoms with E-state index in [-0.39, 0.29) is 5.91 Å². The molecule has 168 valence electrons. The molecule has 1 amide bonds. The third-order valence-electron chi connectivity index (χ3n) is 6.37. The molecule has 2 aliphatic rings. The van der Waals surface area contributed by atoms with Crippen molar-refractivity contribution in [3.05, 3.63) is 46.8 Å². The summed E-state index contributed by atoms with van der Waals surface area (Å²) in [7, 11) is 0. The molecule has 0 bridgehead atoms. The Bertz CT molecular complexity index is 908. The fraction of sp³-hybridized carbons (Fsp3) is 0.545. The highest BCUT2D eigenvalue weighted by molar-refractivity contribution is 5.96. The second-order valence-electron chi connectivity index (χ2n) is 8.29. The summed E-state index contributed by atoms with van der Waals surface area (Å²) in [4.78, 5) is 19.1. The van der Waals surface area contributed by atoms with Gasteiger partial charge in [0.1, 0.15) is 11.3 Å². The first-order chi connectivity index (χ1) is 14.7. The van der Waals surface area contributed by atoms with E-state index in [1.165, 1.54) is 12.1 Å². The lowest BCUT2D eigenvalue weighted by Crippen LogP contribution is -2.53. The number of hydrogen-bond acceptors (Lipinski definition) is 5. The number of halogens is 3. The molecule has 9 heteroatoms. The zero-order chi connectivity index (χ0) is 22.2. The predicted octanol–water partition coefficient (Wildman–Crippen LogP) is 3.74. The number of rotatable bonds is 3. The number of alkyl halides is 3. The SMILES string of the molecule is Cc1noc(C)c1C(=O)N1CCC(N2CCN(c3cccc(C(F)(F)F)c3)CC2)CC1. The number of piperidine rings is 1. The van der Waals surface area contributed by atoms with Crippen molar-refractivity contribution in [3.63, 3.8) is 0 Å². The molecule has 1 aromatic carbocycles. The molecule has 3 heterocycles. The summed E-state index contributed by atoms with van der Waals surface area (Å²) >= 11 is 0. The maximum Gasteiger partial charge on any atom is 0.416 e. The molecule has 2 aliphatic heterocycles. The lowest BCUT2D eigenvalue weighted by molar-refractivity contribution is -0.137. The number of aromatic nitrogens is 1. The van der Waals surface area contributed by atoms with Crippen LogP contribution < -0.4 is 4.90 Å². The summed E-state index contributed by atoms with van der Waals surface area (Å²) in [5.41, 5.74) is 1.20. The van der Waals surface area contributed by atoms with Crippen molar-refractivity contribution in [2.24, 2.45) is 0 Å². The minimum absolute atomic E-state index is 0.0240. The van der Waals surface area contributed by atoms with Gasteiger partial charge in [0.2, 0.25) is 0 Å². The second kappa shape index (κ2) is 8.53. The molecular weight excluding hydrogens is 409 g/mol. The highest BCUT2D eigenvalue weighted by Gasteiger charge is 2.33. The van der Waals surface area contributed by atoms with E-state index < -0.39 is 11.7 Å². The fourth-order valence-corrected chi connectivity index (χ4v) is 4.60. The molecule has 2 saturated heterocycles. The van der Waals surface area contributed by atoms with Crippen LogP contribution in [0.5, 0.6) is 0 Å². The van der Waals surface area contributed by atoms with Crippen LogP contribution >= 0.6 is 0 Å². The average molecular weight is 436 g/mol. The van der Waals surface area contributed by atoms with Gasteiger partial charge in [0.05, 0.1) is 11.3 Å². The van der Waals surface area contributed by atoms with Gasteiger partial charge in [-0.05, 0) is 44.9 Å². The zero-order valence-electron chi connectivity index (χ0n) is 17.8. The lowest BCUT2D eigenvalue weighted by Gasteiger charge is -2.43. The van der Waals surface area contributed by atoms with Crippen LogP contribution in [0, 0.1) is 13.8 Å². The molecule has 0 unspecified atom stereocenters. The number of benzene rings is 1. The molecule has 2 aromatic rings. The van der Waals surface area contributed by atoms with Gasteiger partial charge < -0.3 is 14.3 Å². The van der Waals surface area contributed by atoms with Crippen molar-refractivity contribution >= 4 is 11.6 Å². The third kappa shape index (κ3) is 4.56. The Labute approximate surface area is 179 Å². The molecule has 0 N–H and O–H groups in total. The number of nitrogens with zero attached hydrogens (tertiary/aromatic N) is 4. The van der Waals surface area contributed by atoms with Gasteiger partial charge in [-0.3, -0.25) is 9.69 Å². The highest BCUT2D eigenvalue weighted by Crippen LogP contribution is 2.32. The molecular formula is C22H27F3N4O2. The minimum atomic E-state index is -4.33. The summed E-state index contributed by atoms with van der Waals surface area (Å²) < 4.78 is 44.1. The first-order valence-electron chi connectivity index (χ1n) is 10.6. The van der Waals surface area contributed by atoms with E-state index in [1.54, 1.807) is 19.9 Å². The Morgan fingerprint density at radius 3 is 2.32 bits per heavy atom. The van der Waals surface area contributed by atoms with Crippen LogP contribution in [0.3, 0.4) is 0 Å². The van der Waals surface area contributed by atoms with Crippen molar-refractivity contribution in [2.75, 3.05) is 44.2 Å². The quantitative estimate of drug-likeness (QED) is 0.734. The van der Waals surface area contributed by atoms with Gasteiger partial charge in [0, 0.05) is 51.0 Å². The standard InChI is InChI=1S/C22H27F3N4O2/c1-15-20(16(2)31-26-15)21(30)29-8-6-18(7-9-29)27-10-12-28(13-11-27)19-5-3-4-17(14-19)22(23,24)25/h3-5,14,18H,6-13H2,1-2H3. The van der Waals surface area contributed by atoms with E-state index >= 15 is 0 Å². The Morgan fingerprint density at radius 1 is 1.06 bits per heavy atom. The van der Waals surface area contributed by atoms with Gasteiger partial charge in [-0.15, -0.1) is 0 Å². The zero-order valence-corrected chi connectivity index (χ0v) is 17.8. The van der Waals surface area contributed by atoms with E-state index in [1.807, 2.05) is 9.80 Å². The molecule has 0 atom stereocenters. The van der Waals surface area contributed by atoms with E-state index in [0.717, 1.165) is 32.0 Å². The number of aryl methyl sites for hydroxylation is 2. The number of amides is 1. The number of carbonyl (C=O) groups excluding carboxylic acids is 1. The van der Waals surface area contributed by atoms with Crippen LogP contribution in [0.4, 0.5) is 18.9 Å². The maximum absolute atomic E-state index is 13.0. The monoisotopic (exact) mass is 436 g/mol. The van der Waals surface area contributed by atoms with E-state index in [4.69, 9.17) is 4.52 Å². The van der Waals surface area contributed by atoms with Gasteiger partial charge in [-0.2, -0.15) is 13.2 Å². The first kappa shape index (κ1) is 21.7. The van der Waals surface area contributed by atoms with Crippen LogP contribution in [-0.2, 0) is 6.18 Å². The van der Waals surface area contributed by atoms with Gasteiger partial charge in [0.15, 0.2) is 0 Å². The Morgan fingerprint density at radius 2 is 1.74 bits per heavy atom. The molecule has 0 spiro atoms. The first-order valence-corrected chi connectivity index (χ1v) is 10.6.